The first-order valence-corrected chi connectivity index (χ1v) is 21.5. The Bertz CT molecular complexity index is 2200. The first-order valence-electron chi connectivity index (χ1n) is 21.1. The molecule has 3 aliphatic rings. The standard InChI is InChI=1S/C32H33ClN2O2.C20H22O/c1-21(31(36)16-10-24-19-28-29(33)14-15-30(28)34-20-24)35-32(37)27-13-9-23(18-27)17-22-7-11-26(12-8-22)25-5-3-2-4-6-25;1-15(21)20-12-9-17(14-20)13-16-7-10-19(11-8-16)18-5-3-2-4-6-18/h2-8,11-12,14,19-21,23,27H,9-10,13,15-18H2,1H3,(H,35,37);2-8,10-11,17,20H,9,12-14H2,1H3/t21-,23-,27+;17-,20+/m00/s1. The molecule has 1 heterocycles. The number of hydrogen-bond acceptors (Lipinski definition) is 4. The summed E-state index contributed by atoms with van der Waals surface area (Å²) < 4.78 is 0. The number of Topliss-reactive ketones (excluding diaryl/α,β-unsaturated/α-hetero) is 2. The van der Waals surface area contributed by atoms with E-state index in [1.807, 2.05) is 30.5 Å². The van der Waals surface area contributed by atoms with E-state index in [4.69, 9.17) is 11.6 Å². The minimum atomic E-state index is -0.483. The molecule has 0 aliphatic heterocycles. The fourth-order valence-electron chi connectivity index (χ4n) is 8.96. The molecule has 4 aromatic carbocycles. The van der Waals surface area contributed by atoms with Crippen LogP contribution < -0.4 is 5.32 Å². The molecule has 1 N–H and O–H groups in total. The Morgan fingerprint density at radius 2 is 1.21 bits per heavy atom. The molecule has 0 unspecified atom stereocenters. The molecular formula is C52H55ClN2O3. The number of hydrogen-bond donors (Lipinski definition) is 1. The van der Waals surface area contributed by atoms with Crippen LogP contribution in [0, 0.1) is 23.7 Å². The summed E-state index contributed by atoms with van der Waals surface area (Å²) in [5, 5.41) is 3.71. The topological polar surface area (TPSA) is 76.1 Å². The number of carbonyl (C=O) groups excluding carboxylic acids is 3. The summed E-state index contributed by atoms with van der Waals surface area (Å²) in [4.78, 5) is 41.5. The number of ketones is 2. The van der Waals surface area contributed by atoms with E-state index in [2.05, 4.69) is 107 Å². The lowest BCUT2D eigenvalue weighted by atomic mass is 9.94. The van der Waals surface area contributed by atoms with Gasteiger partial charge in [-0.05, 0) is 128 Å². The van der Waals surface area contributed by atoms with Crippen molar-refractivity contribution in [2.75, 3.05) is 0 Å². The number of nitrogens with zero attached hydrogens (tertiary/aromatic N) is 1. The minimum absolute atomic E-state index is 0.0129. The second kappa shape index (κ2) is 19.5. The zero-order chi connectivity index (χ0) is 40.4. The zero-order valence-electron chi connectivity index (χ0n) is 33.8. The number of nitrogens with one attached hydrogen (secondary N) is 1. The normalized spacial score (nSPS) is 20.0. The number of halogens is 1. The second-order valence-corrected chi connectivity index (χ2v) is 17.1. The smallest absolute Gasteiger partial charge is 0.223 e. The molecule has 8 rings (SSSR count). The molecule has 0 bridgehead atoms. The molecule has 2 saturated carbocycles. The van der Waals surface area contributed by atoms with Gasteiger partial charge in [0.05, 0.1) is 11.7 Å². The number of aryl methyl sites for hydroxylation is 1. The summed E-state index contributed by atoms with van der Waals surface area (Å²) in [7, 11) is 0. The van der Waals surface area contributed by atoms with E-state index in [1.165, 1.54) is 39.8 Å². The van der Waals surface area contributed by atoms with Gasteiger partial charge in [0.2, 0.25) is 5.91 Å². The molecule has 0 radical (unpaired) electrons. The maximum atomic E-state index is 12.9. The summed E-state index contributed by atoms with van der Waals surface area (Å²) in [5.74, 6) is 1.91. The van der Waals surface area contributed by atoms with E-state index in [0.717, 1.165) is 73.2 Å². The van der Waals surface area contributed by atoms with Crippen LogP contribution in [0.4, 0.5) is 0 Å². The number of aromatic nitrogens is 1. The Kier molecular flexibility index (Phi) is 13.8. The fraction of sp³-hybridized carbons (Fsp3) is 0.346. The lowest BCUT2D eigenvalue weighted by Crippen LogP contribution is -2.41. The first kappa shape index (κ1) is 41.0. The van der Waals surface area contributed by atoms with Gasteiger partial charge in [0.15, 0.2) is 5.78 Å². The lowest BCUT2D eigenvalue weighted by Gasteiger charge is -2.17. The molecule has 5 atom stereocenters. The van der Waals surface area contributed by atoms with Crippen LogP contribution in [0.1, 0.15) is 86.7 Å². The van der Waals surface area contributed by atoms with Crippen molar-refractivity contribution in [1.29, 1.82) is 0 Å². The fourth-order valence-corrected chi connectivity index (χ4v) is 9.20. The third-order valence-corrected chi connectivity index (χ3v) is 12.8. The largest absolute Gasteiger partial charge is 0.346 e. The Hall–Kier alpha value is -5.13. The van der Waals surface area contributed by atoms with Gasteiger partial charge in [-0.15, -0.1) is 0 Å². The van der Waals surface area contributed by atoms with Crippen LogP contribution in [0.5, 0.6) is 0 Å². The Balaban J connectivity index is 0.000000206. The van der Waals surface area contributed by atoms with Gasteiger partial charge in [-0.2, -0.15) is 0 Å². The summed E-state index contributed by atoms with van der Waals surface area (Å²) in [6.45, 7) is 3.53. The summed E-state index contributed by atoms with van der Waals surface area (Å²) in [5.41, 5.74) is 10.6. The Morgan fingerprint density at radius 1 is 0.690 bits per heavy atom. The van der Waals surface area contributed by atoms with Crippen LogP contribution in [-0.2, 0) is 40.1 Å². The second-order valence-electron chi connectivity index (χ2n) is 16.7. The molecule has 6 heteroatoms. The number of fused-ring (bicyclic) bond motifs is 1. The van der Waals surface area contributed by atoms with Gasteiger partial charge in [-0.3, -0.25) is 19.4 Å². The van der Waals surface area contributed by atoms with E-state index in [1.54, 1.807) is 13.8 Å². The SMILES string of the molecule is CC(=O)[C@@H]1CC[C@@H](Cc2ccc(-c3ccccc3)cc2)C1.C[C@H](NC(=O)[C@@H]1CC[C@@H](Cc2ccc(-c3ccccc3)cc2)C1)C(=O)CCc1cnc2c(c1)C(Cl)=CC2. The van der Waals surface area contributed by atoms with E-state index in [0.29, 0.717) is 36.4 Å². The van der Waals surface area contributed by atoms with Gasteiger partial charge in [-0.1, -0.05) is 127 Å². The van der Waals surface area contributed by atoms with E-state index in [-0.39, 0.29) is 17.6 Å². The van der Waals surface area contributed by atoms with Crippen molar-refractivity contribution >= 4 is 34.1 Å². The molecule has 5 nitrogen and oxygen atoms in total. The maximum absolute atomic E-state index is 12.9. The Labute approximate surface area is 349 Å². The number of benzene rings is 4. The third kappa shape index (κ3) is 10.9. The molecule has 5 aromatic rings. The molecule has 1 aromatic heterocycles. The molecule has 0 saturated heterocycles. The maximum Gasteiger partial charge on any atom is 0.223 e. The van der Waals surface area contributed by atoms with Crippen LogP contribution in [-0.4, -0.2) is 28.5 Å². The molecule has 2 fully saturated rings. The van der Waals surface area contributed by atoms with E-state index in [9.17, 15) is 14.4 Å². The molecular weight excluding hydrogens is 736 g/mol. The summed E-state index contributed by atoms with van der Waals surface area (Å²) in [6.07, 6.45) is 13.8. The zero-order valence-corrected chi connectivity index (χ0v) is 34.6. The van der Waals surface area contributed by atoms with E-state index < -0.39 is 6.04 Å². The van der Waals surface area contributed by atoms with Crippen LogP contribution in [0.3, 0.4) is 0 Å². The van der Waals surface area contributed by atoms with Gasteiger partial charge in [-0.25, -0.2) is 0 Å². The van der Waals surface area contributed by atoms with Gasteiger partial charge in [0, 0.05) is 41.5 Å². The van der Waals surface area contributed by atoms with Crippen molar-refractivity contribution in [3.05, 3.63) is 155 Å². The summed E-state index contributed by atoms with van der Waals surface area (Å²) >= 11 is 6.24. The average Bonchev–Trinajstić information content (AvgIpc) is 4.02. The number of carbonyl (C=O) groups is 3. The predicted octanol–water partition coefficient (Wildman–Crippen LogP) is 11.5. The third-order valence-electron chi connectivity index (χ3n) is 12.5. The minimum Gasteiger partial charge on any atom is -0.346 e. The molecule has 58 heavy (non-hydrogen) atoms. The van der Waals surface area contributed by atoms with Gasteiger partial charge >= 0.3 is 0 Å². The molecule has 298 valence electrons. The van der Waals surface area contributed by atoms with Crippen molar-refractivity contribution in [3.8, 4) is 22.3 Å². The van der Waals surface area contributed by atoms with Gasteiger partial charge in [0.1, 0.15) is 5.78 Å². The first-order chi connectivity index (χ1) is 28.2. The highest BCUT2D eigenvalue weighted by Crippen LogP contribution is 2.35. The van der Waals surface area contributed by atoms with Crippen LogP contribution >= 0.6 is 11.6 Å². The Morgan fingerprint density at radius 3 is 1.74 bits per heavy atom. The highest BCUT2D eigenvalue weighted by Gasteiger charge is 2.31. The quantitative estimate of drug-likeness (QED) is 0.129. The molecule has 3 aliphatic carbocycles. The number of pyridine rings is 1. The van der Waals surface area contributed by atoms with Crippen molar-refractivity contribution in [2.24, 2.45) is 23.7 Å². The number of rotatable bonds is 13. The van der Waals surface area contributed by atoms with Crippen molar-refractivity contribution in [3.63, 3.8) is 0 Å². The van der Waals surface area contributed by atoms with Crippen LogP contribution in [0.15, 0.2) is 128 Å². The van der Waals surface area contributed by atoms with Crippen molar-refractivity contribution < 1.29 is 14.4 Å². The highest BCUT2D eigenvalue weighted by molar-refractivity contribution is 6.49. The van der Waals surface area contributed by atoms with Crippen LogP contribution in [0.2, 0.25) is 0 Å². The molecule has 0 spiro atoms. The average molecular weight is 791 g/mol. The summed E-state index contributed by atoms with van der Waals surface area (Å²) in [6, 6.07) is 40.1. The van der Waals surface area contributed by atoms with Gasteiger partial charge in [0.25, 0.3) is 0 Å². The van der Waals surface area contributed by atoms with Crippen molar-refractivity contribution in [1.82, 2.24) is 10.3 Å². The van der Waals surface area contributed by atoms with E-state index >= 15 is 0 Å². The van der Waals surface area contributed by atoms with Gasteiger partial charge < -0.3 is 5.32 Å². The number of allylic oxidation sites excluding steroid dienone is 1. The predicted molar refractivity (Wildman–Crippen MR) is 236 cm³/mol. The lowest BCUT2D eigenvalue weighted by molar-refractivity contribution is -0.129. The van der Waals surface area contributed by atoms with Crippen LogP contribution in [0.25, 0.3) is 27.3 Å². The van der Waals surface area contributed by atoms with Crippen molar-refractivity contribution in [2.45, 2.75) is 90.5 Å². The monoisotopic (exact) mass is 790 g/mol. The molecule has 1 amide bonds. The number of amides is 1. The highest BCUT2D eigenvalue weighted by atomic mass is 35.5.